The van der Waals surface area contributed by atoms with Crippen LogP contribution in [0.1, 0.15) is 81.6 Å². The van der Waals surface area contributed by atoms with E-state index in [2.05, 4.69) is 4.90 Å². The van der Waals surface area contributed by atoms with E-state index in [9.17, 15) is 24.6 Å². The molecule has 0 aliphatic carbocycles. The minimum absolute atomic E-state index is 0.0399. The third-order valence-corrected chi connectivity index (χ3v) is 9.67. The van der Waals surface area contributed by atoms with E-state index in [0.29, 0.717) is 0 Å². The number of aliphatic hydroxyl groups is 2. The number of esters is 1. The molecule has 2 rings (SSSR count). The standard InChI is InChI=1S/C31H55NO9/c1-13-23-31(9,37)26(35)19(5)24(33)16(2)15-30(8,38-12)27(20(6)25(34)21(7)28(36)40-23)41-29-18(4)22(32(10)11)14-17(3)39-29/h16-23,26-27,29,35,37H,13-15H2,1-12H3/t16-,17?,18?,19+,20+,21-,22?,23-,26-,27-,29?,30-,31-/m1/s1. The maximum absolute atomic E-state index is 13.9. The summed E-state index contributed by atoms with van der Waals surface area (Å²) in [6.07, 6.45) is -3.08. The topological polar surface area (TPSA) is 132 Å². The molecule has 13 atom stereocenters. The van der Waals surface area contributed by atoms with Gasteiger partial charge < -0.3 is 34.1 Å². The fourth-order valence-corrected chi connectivity index (χ4v) is 6.76. The van der Waals surface area contributed by atoms with Crippen LogP contribution in [0.15, 0.2) is 0 Å². The van der Waals surface area contributed by atoms with Crippen molar-refractivity contribution in [2.24, 2.45) is 29.6 Å². The van der Waals surface area contributed by atoms with Gasteiger partial charge in [0.25, 0.3) is 0 Å². The lowest BCUT2D eigenvalue weighted by atomic mass is 9.74. The van der Waals surface area contributed by atoms with Crippen molar-refractivity contribution in [2.45, 2.75) is 130 Å². The highest BCUT2D eigenvalue weighted by Gasteiger charge is 2.51. The third kappa shape index (κ3) is 7.57. The lowest BCUT2D eigenvalue weighted by Crippen LogP contribution is -2.58. The number of aliphatic hydroxyl groups excluding tert-OH is 1. The van der Waals surface area contributed by atoms with Gasteiger partial charge in [-0.25, -0.2) is 0 Å². The Morgan fingerprint density at radius 2 is 1.59 bits per heavy atom. The van der Waals surface area contributed by atoms with Gasteiger partial charge in [-0.1, -0.05) is 34.6 Å². The first kappa shape index (κ1) is 35.8. The van der Waals surface area contributed by atoms with Gasteiger partial charge in [0.1, 0.15) is 23.4 Å². The SMILES string of the molecule is CC[C@H]1OC(=O)[C@H](C)C(=O)[C@H](C)[C@@H](OC2OC(C)CC(N(C)C)C2C)[C@](C)(OC)C[C@@H](C)C(=O)[C@H](C)[C@@H](O)[C@]1(C)O. The average Bonchev–Trinajstić information content (AvgIpc) is 2.92. The van der Waals surface area contributed by atoms with Crippen molar-refractivity contribution in [3.05, 3.63) is 0 Å². The highest BCUT2D eigenvalue weighted by molar-refractivity contribution is 6.00. The first-order valence-electron chi connectivity index (χ1n) is 15.0. The number of Topliss-reactive ketones (excluding diaryl/α,β-unsaturated/α-hetero) is 2. The van der Waals surface area contributed by atoms with Crippen LogP contribution in [0.4, 0.5) is 0 Å². The van der Waals surface area contributed by atoms with Gasteiger partial charge in [-0.2, -0.15) is 0 Å². The second-order valence-corrected chi connectivity index (χ2v) is 13.2. The Morgan fingerprint density at radius 3 is 2.10 bits per heavy atom. The van der Waals surface area contributed by atoms with Gasteiger partial charge >= 0.3 is 5.97 Å². The number of carbonyl (C=O) groups excluding carboxylic acids is 3. The van der Waals surface area contributed by atoms with Crippen molar-refractivity contribution >= 4 is 17.5 Å². The van der Waals surface area contributed by atoms with E-state index in [0.717, 1.165) is 6.42 Å². The minimum atomic E-state index is -1.91. The fourth-order valence-electron chi connectivity index (χ4n) is 6.76. The Bertz CT molecular complexity index is 923. The van der Waals surface area contributed by atoms with E-state index in [-0.39, 0.29) is 36.7 Å². The van der Waals surface area contributed by atoms with Crippen LogP contribution in [0.5, 0.6) is 0 Å². The van der Waals surface area contributed by atoms with Crippen LogP contribution in [0, 0.1) is 29.6 Å². The lowest BCUT2D eigenvalue weighted by Gasteiger charge is -2.47. The predicted molar refractivity (Wildman–Crippen MR) is 154 cm³/mol. The summed E-state index contributed by atoms with van der Waals surface area (Å²) in [5.41, 5.74) is -3.06. The number of ether oxygens (including phenoxy) is 4. The summed E-state index contributed by atoms with van der Waals surface area (Å²) in [4.78, 5) is 42.8. The second-order valence-electron chi connectivity index (χ2n) is 13.2. The van der Waals surface area contributed by atoms with Crippen molar-refractivity contribution < 1.29 is 43.5 Å². The van der Waals surface area contributed by atoms with Gasteiger partial charge in [0.2, 0.25) is 0 Å². The first-order valence-corrected chi connectivity index (χ1v) is 15.0. The monoisotopic (exact) mass is 585 g/mol. The van der Waals surface area contributed by atoms with Crippen molar-refractivity contribution in [3.63, 3.8) is 0 Å². The quantitative estimate of drug-likeness (QED) is 0.367. The van der Waals surface area contributed by atoms with E-state index in [1.165, 1.54) is 21.0 Å². The van der Waals surface area contributed by atoms with Gasteiger partial charge in [-0.3, -0.25) is 14.4 Å². The number of ketones is 2. The molecule has 0 saturated carbocycles. The number of rotatable bonds is 5. The molecule has 41 heavy (non-hydrogen) atoms. The summed E-state index contributed by atoms with van der Waals surface area (Å²) >= 11 is 0. The number of hydrogen-bond donors (Lipinski definition) is 2. The van der Waals surface area contributed by atoms with Gasteiger partial charge in [-0.15, -0.1) is 0 Å². The number of carbonyl (C=O) groups is 3. The molecule has 238 valence electrons. The van der Waals surface area contributed by atoms with Gasteiger partial charge in [0.15, 0.2) is 12.1 Å². The van der Waals surface area contributed by atoms with Gasteiger partial charge in [0, 0.05) is 36.8 Å². The maximum atomic E-state index is 13.9. The van der Waals surface area contributed by atoms with Crippen molar-refractivity contribution in [2.75, 3.05) is 21.2 Å². The maximum Gasteiger partial charge on any atom is 0.316 e. The summed E-state index contributed by atoms with van der Waals surface area (Å²) in [6, 6.07) is 0.178. The van der Waals surface area contributed by atoms with E-state index < -0.39 is 71.2 Å². The molecule has 0 radical (unpaired) electrons. The highest BCUT2D eigenvalue weighted by atomic mass is 16.7. The van der Waals surface area contributed by atoms with Crippen molar-refractivity contribution in [1.29, 1.82) is 0 Å². The minimum Gasteiger partial charge on any atom is -0.459 e. The van der Waals surface area contributed by atoms with Crippen LogP contribution in [0.2, 0.25) is 0 Å². The number of methoxy groups -OCH3 is 1. The van der Waals surface area contributed by atoms with E-state index >= 15 is 0 Å². The lowest BCUT2D eigenvalue weighted by molar-refractivity contribution is -0.280. The van der Waals surface area contributed by atoms with E-state index in [4.69, 9.17) is 18.9 Å². The van der Waals surface area contributed by atoms with Crippen LogP contribution in [-0.4, -0.2) is 102 Å². The van der Waals surface area contributed by atoms with Gasteiger partial charge in [-0.05, 0) is 61.1 Å². The first-order chi connectivity index (χ1) is 18.8. The van der Waals surface area contributed by atoms with Crippen LogP contribution >= 0.6 is 0 Å². The van der Waals surface area contributed by atoms with Crippen LogP contribution in [-0.2, 0) is 33.3 Å². The predicted octanol–water partition coefficient (Wildman–Crippen LogP) is 3.00. The molecule has 0 bridgehead atoms. The molecule has 10 nitrogen and oxygen atoms in total. The van der Waals surface area contributed by atoms with Gasteiger partial charge in [0.05, 0.1) is 23.9 Å². The largest absolute Gasteiger partial charge is 0.459 e. The summed E-state index contributed by atoms with van der Waals surface area (Å²) in [7, 11) is 5.54. The Morgan fingerprint density at radius 1 is 1.00 bits per heavy atom. The molecule has 2 aliphatic rings. The summed E-state index contributed by atoms with van der Waals surface area (Å²) < 4.78 is 24.6. The Balaban J connectivity index is 2.61. The zero-order valence-electron chi connectivity index (χ0n) is 27.2. The molecule has 4 unspecified atom stereocenters. The number of cyclic esters (lactones) is 1. The molecule has 0 spiro atoms. The molecule has 2 fully saturated rings. The van der Waals surface area contributed by atoms with E-state index in [1.807, 2.05) is 27.9 Å². The zero-order chi connectivity index (χ0) is 31.6. The molecule has 0 aromatic heterocycles. The number of nitrogens with zero attached hydrogens (tertiary/aromatic N) is 1. The third-order valence-electron chi connectivity index (χ3n) is 9.67. The van der Waals surface area contributed by atoms with Crippen LogP contribution in [0.25, 0.3) is 0 Å². The average molecular weight is 586 g/mol. The molecule has 2 heterocycles. The zero-order valence-corrected chi connectivity index (χ0v) is 27.2. The molecule has 2 saturated heterocycles. The Labute approximate surface area is 246 Å². The van der Waals surface area contributed by atoms with E-state index in [1.54, 1.807) is 34.6 Å². The molecule has 0 aromatic carbocycles. The fraction of sp³-hybridized carbons (Fsp3) is 0.903. The van der Waals surface area contributed by atoms with Crippen molar-refractivity contribution in [1.82, 2.24) is 4.90 Å². The van der Waals surface area contributed by atoms with Crippen LogP contribution < -0.4 is 0 Å². The van der Waals surface area contributed by atoms with Crippen LogP contribution in [0.3, 0.4) is 0 Å². The molecule has 2 aliphatic heterocycles. The van der Waals surface area contributed by atoms with Crippen molar-refractivity contribution in [3.8, 4) is 0 Å². The Hall–Kier alpha value is -1.43. The molecule has 2 N–H and O–H groups in total. The molecular weight excluding hydrogens is 530 g/mol. The summed E-state index contributed by atoms with van der Waals surface area (Å²) in [6.45, 7) is 15.4. The molecular formula is C31H55NO9. The summed E-state index contributed by atoms with van der Waals surface area (Å²) in [5.74, 6) is -5.13. The normalized spacial score (nSPS) is 45.8. The second kappa shape index (κ2) is 13.9. The molecule has 0 aromatic rings. The summed E-state index contributed by atoms with van der Waals surface area (Å²) in [5, 5.41) is 22.4. The highest BCUT2D eigenvalue weighted by Crippen LogP contribution is 2.39. The molecule has 10 heteroatoms. The number of hydrogen-bond acceptors (Lipinski definition) is 10. The Kier molecular flexibility index (Phi) is 12.1. The smallest absolute Gasteiger partial charge is 0.316 e. The molecule has 0 amide bonds.